The minimum Gasteiger partial charge on any atom is -0.330 e. The third kappa shape index (κ3) is 3.70. The van der Waals surface area contributed by atoms with E-state index in [2.05, 4.69) is 30.5 Å². The first kappa shape index (κ1) is 21.2. The molecule has 8 heteroatoms. The van der Waals surface area contributed by atoms with Crippen LogP contribution in [0.25, 0.3) is 0 Å². The van der Waals surface area contributed by atoms with Crippen LogP contribution in [0.4, 0.5) is 0 Å². The van der Waals surface area contributed by atoms with Gasteiger partial charge < -0.3 is 15.5 Å². The highest BCUT2D eigenvalue weighted by Crippen LogP contribution is 2.38. The van der Waals surface area contributed by atoms with E-state index in [4.69, 9.17) is 5.73 Å². The number of nitrogens with zero attached hydrogens (tertiary/aromatic N) is 4. The van der Waals surface area contributed by atoms with Crippen LogP contribution >= 0.6 is 12.6 Å². The van der Waals surface area contributed by atoms with Crippen LogP contribution in [0.1, 0.15) is 38.3 Å². The van der Waals surface area contributed by atoms with E-state index < -0.39 is 12.1 Å². The van der Waals surface area contributed by atoms with Crippen molar-refractivity contribution in [3.05, 3.63) is 29.8 Å². The average molecular weight is 428 g/mol. The van der Waals surface area contributed by atoms with Gasteiger partial charge in [0.15, 0.2) is 0 Å². The first-order chi connectivity index (χ1) is 14.3. The summed E-state index contributed by atoms with van der Waals surface area (Å²) in [5.74, 6) is 0.227. The Labute approximate surface area is 183 Å². The molecular formula is C22H29N5O2S. The van der Waals surface area contributed by atoms with Crippen molar-refractivity contribution in [2.45, 2.75) is 61.8 Å². The quantitative estimate of drug-likeness (QED) is 0.693. The van der Waals surface area contributed by atoms with Gasteiger partial charge in [0.2, 0.25) is 11.8 Å². The van der Waals surface area contributed by atoms with Crippen molar-refractivity contribution in [3.8, 4) is 6.07 Å². The van der Waals surface area contributed by atoms with Crippen molar-refractivity contribution >= 4 is 24.4 Å². The molecule has 2 bridgehead atoms. The highest BCUT2D eigenvalue weighted by Gasteiger charge is 2.51. The van der Waals surface area contributed by atoms with E-state index in [-0.39, 0.29) is 29.9 Å². The fourth-order valence-corrected chi connectivity index (χ4v) is 5.53. The average Bonchev–Trinajstić information content (AvgIpc) is 3.39. The predicted molar refractivity (Wildman–Crippen MR) is 116 cm³/mol. The van der Waals surface area contributed by atoms with Gasteiger partial charge in [-0.3, -0.25) is 14.5 Å². The number of fused-ring (bicyclic) bond motifs is 2. The van der Waals surface area contributed by atoms with Crippen LogP contribution in [-0.4, -0.2) is 70.3 Å². The first-order valence-corrected chi connectivity index (χ1v) is 11.1. The van der Waals surface area contributed by atoms with Gasteiger partial charge in [-0.2, -0.15) is 5.26 Å². The van der Waals surface area contributed by atoms with E-state index in [0.29, 0.717) is 25.4 Å². The molecule has 1 aromatic rings. The molecule has 4 unspecified atom stereocenters. The topological polar surface area (TPSA) is 93.7 Å². The fourth-order valence-electron chi connectivity index (χ4n) is 5.30. The SMILES string of the molecule is CC1CC(C#N)N(C(=O)C(N)CN2C[C@@H]3CC2C(=O)N3[C@@H](C)c2cccc(S)c2)C1. The number of thiol groups is 1. The number of carbonyl (C=O) groups is 2. The van der Waals surface area contributed by atoms with Crippen LogP contribution in [0, 0.1) is 17.2 Å². The second kappa shape index (κ2) is 8.22. The summed E-state index contributed by atoms with van der Waals surface area (Å²) in [5, 5.41) is 9.33. The molecule has 6 atom stereocenters. The number of likely N-dealkylation sites (tertiary alicyclic amines) is 3. The number of hydrogen-bond donors (Lipinski definition) is 2. The lowest BCUT2D eigenvalue weighted by molar-refractivity contribution is -0.141. The van der Waals surface area contributed by atoms with Gasteiger partial charge in [-0.15, -0.1) is 12.6 Å². The Morgan fingerprint density at radius 1 is 1.37 bits per heavy atom. The number of nitriles is 1. The number of amides is 2. The molecule has 3 heterocycles. The van der Waals surface area contributed by atoms with Crippen molar-refractivity contribution in [3.63, 3.8) is 0 Å². The second-order valence-corrected chi connectivity index (χ2v) is 9.47. The van der Waals surface area contributed by atoms with Crippen molar-refractivity contribution in [2.75, 3.05) is 19.6 Å². The van der Waals surface area contributed by atoms with Gasteiger partial charge in [0.05, 0.1) is 24.2 Å². The van der Waals surface area contributed by atoms with Crippen LogP contribution in [0.15, 0.2) is 29.2 Å². The van der Waals surface area contributed by atoms with Gasteiger partial charge >= 0.3 is 0 Å². The Morgan fingerprint density at radius 3 is 2.80 bits per heavy atom. The maximum Gasteiger partial charge on any atom is 0.241 e. The number of nitrogens with two attached hydrogens (primary N) is 1. The molecule has 0 radical (unpaired) electrons. The lowest BCUT2D eigenvalue weighted by Crippen LogP contribution is -2.56. The molecule has 160 valence electrons. The lowest BCUT2D eigenvalue weighted by Gasteiger charge is -2.38. The molecule has 0 spiro atoms. The summed E-state index contributed by atoms with van der Waals surface area (Å²) < 4.78 is 0. The van der Waals surface area contributed by atoms with E-state index in [1.165, 1.54) is 0 Å². The number of piperazine rings is 1. The summed E-state index contributed by atoms with van der Waals surface area (Å²) in [4.78, 5) is 32.5. The molecule has 3 fully saturated rings. The molecule has 7 nitrogen and oxygen atoms in total. The van der Waals surface area contributed by atoms with Crippen LogP contribution in [0.5, 0.6) is 0 Å². The normalized spacial score (nSPS) is 30.6. The van der Waals surface area contributed by atoms with E-state index in [1.54, 1.807) is 4.90 Å². The molecular weight excluding hydrogens is 398 g/mol. The largest absolute Gasteiger partial charge is 0.330 e. The Morgan fingerprint density at radius 2 is 2.13 bits per heavy atom. The first-order valence-electron chi connectivity index (χ1n) is 10.6. The molecule has 3 saturated heterocycles. The molecule has 4 rings (SSSR count). The number of benzene rings is 1. The summed E-state index contributed by atoms with van der Waals surface area (Å²) in [5.41, 5.74) is 7.32. The van der Waals surface area contributed by atoms with Gasteiger partial charge in [-0.25, -0.2) is 0 Å². The summed E-state index contributed by atoms with van der Waals surface area (Å²) in [6.45, 7) is 5.74. The molecule has 3 aliphatic heterocycles. The van der Waals surface area contributed by atoms with Gasteiger partial charge in [0.25, 0.3) is 0 Å². The third-order valence-electron chi connectivity index (χ3n) is 6.77. The minimum absolute atomic E-state index is 0.0143. The highest BCUT2D eigenvalue weighted by atomic mass is 32.1. The van der Waals surface area contributed by atoms with Gasteiger partial charge in [0, 0.05) is 30.6 Å². The summed E-state index contributed by atoms with van der Waals surface area (Å²) in [7, 11) is 0. The third-order valence-corrected chi connectivity index (χ3v) is 7.05. The fraction of sp³-hybridized carbons (Fsp3) is 0.591. The number of carbonyl (C=O) groups excluding carboxylic acids is 2. The molecule has 3 aliphatic rings. The van der Waals surface area contributed by atoms with E-state index in [1.807, 2.05) is 36.1 Å². The molecule has 0 aromatic heterocycles. The molecule has 0 saturated carbocycles. The monoisotopic (exact) mass is 427 g/mol. The number of hydrogen-bond acceptors (Lipinski definition) is 6. The standard InChI is InChI=1S/C22H29N5O2S/c1-13-6-16(9-23)26(10-13)21(28)19(24)12-25-11-17-8-20(25)22(29)27(17)14(2)15-4-3-5-18(30)7-15/h3-5,7,13-14,16-17,19-20,30H,6,8,10-12,24H2,1-2H3/t13?,14-,16?,17-,19?,20?/m0/s1. The maximum absolute atomic E-state index is 13.1. The van der Waals surface area contributed by atoms with Crippen molar-refractivity contribution < 1.29 is 9.59 Å². The maximum atomic E-state index is 13.1. The zero-order valence-corrected chi connectivity index (χ0v) is 18.3. The van der Waals surface area contributed by atoms with Crippen LogP contribution in [-0.2, 0) is 9.59 Å². The highest BCUT2D eigenvalue weighted by molar-refractivity contribution is 7.80. The van der Waals surface area contributed by atoms with Crippen LogP contribution in [0.3, 0.4) is 0 Å². The molecule has 1 aromatic carbocycles. The zero-order valence-electron chi connectivity index (χ0n) is 17.4. The summed E-state index contributed by atoms with van der Waals surface area (Å²) >= 11 is 4.41. The van der Waals surface area contributed by atoms with Gasteiger partial charge in [0.1, 0.15) is 6.04 Å². The Hall–Kier alpha value is -2.08. The lowest BCUT2D eigenvalue weighted by atomic mass is 10.1. The molecule has 30 heavy (non-hydrogen) atoms. The molecule has 2 amide bonds. The summed E-state index contributed by atoms with van der Waals surface area (Å²) in [6, 6.07) is 8.90. The Kier molecular flexibility index (Phi) is 5.80. The summed E-state index contributed by atoms with van der Waals surface area (Å²) in [6.07, 6.45) is 1.47. The predicted octanol–water partition coefficient (Wildman–Crippen LogP) is 1.41. The van der Waals surface area contributed by atoms with Crippen LogP contribution < -0.4 is 5.73 Å². The minimum atomic E-state index is -0.718. The van der Waals surface area contributed by atoms with E-state index in [9.17, 15) is 14.9 Å². The van der Waals surface area contributed by atoms with Crippen molar-refractivity contribution in [2.24, 2.45) is 11.7 Å². The second-order valence-electron chi connectivity index (χ2n) is 8.96. The van der Waals surface area contributed by atoms with Crippen molar-refractivity contribution in [1.82, 2.24) is 14.7 Å². The van der Waals surface area contributed by atoms with Gasteiger partial charge in [-0.1, -0.05) is 19.1 Å². The van der Waals surface area contributed by atoms with Gasteiger partial charge in [-0.05, 0) is 43.4 Å². The van der Waals surface area contributed by atoms with E-state index in [0.717, 1.165) is 23.4 Å². The number of rotatable bonds is 5. The Bertz CT molecular complexity index is 887. The zero-order chi connectivity index (χ0) is 21.6. The Balaban J connectivity index is 1.39. The molecule has 0 aliphatic carbocycles. The van der Waals surface area contributed by atoms with Crippen molar-refractivity contribution in [1.29, 1.82) is 5.26 Å². The van der Waals surface area contributed by atoms with Crippen LogP contribution in [0.2, 0.25) is 0 Å². The molecule has 2 N–H and O–H groups in total. The van der Waals surface area contributed by atoms with E-state index >= 15 is 0 Å². The smallest absolute Gasteiger partial charge is 0.241 e.